The van der Waals surface area contributed by atoms with Crippen LogP contribution in [0.2, 0.25) is 0 Å². The zero-order valence-electron chi connectivity index (χ0n) is 26.8. The first-order valence-corrected chi connectivity index (χ1v) is 17.1. The Bertz CT molecular complexity index is 2950. The summed E-state index contributed by atoms with van der Waals surface area (Å²) in [5.41, 5.74) is 15.3. The molecule has 10 aromatic rings. The van der Waals surface area contributed by atoms with E-state index in [4.69, 9.17) is 0 Å². The van der Waals surface area contributed by atoms with Gasteiger partial charge in [-0.1, -0.05) is 115 Å². The normalized spacial score (nSPS) is 12.4. The zero-order valence-corrected chi connectivity index (χ0v) is 26.8. The second-order valence-corrected chi connectivity index (χ2v) is 13.3. The lowest BCUT2D eigenvalue weighted by molar-refractivity contribution is 1.18. The number of para-hydroxylation sites is 2. The first-order valence-electron chi connectivity index (χ1n) is 17.1. The summed E-state index contributed by atoms with van der Waals surface area (Å²) in [6.45, 7) is 0. The van der Waals surface area contributed by atoms with Crippen molar-refractivity contribution >= 4 is 54.4 Å². The number of aromatic nitrogens is 2. The monoisotopic (exact) mass is 622 g/mol. The number of benzene rings is 8. The Morgan fingerprint density at radius 1 is 0.388 bits per heavy atom. The molecule has 0 aliphatic heterocycles. The van der Waals surface area contributed by atoms with Crippen molar-refractivity contribution in [3.63, 3.8) is 0 Å². The van der Waals surface area contributed by atoms with Gasteiger partial charge >= 0.3 is 0 Å². The van der Waals surface area contributed by atoms with Gasteiger partial charge in [0.05, 0.1) is 27.8 Å². The van der Waals surface area contributed by atoms with Crippen molar-refractivity contribution in [3.8, 4) is 33.6 Å². The SMILES string of the molecule is c1ccc(-n2c3ccccc3c3cc(-c4ccc5c(c4)c4c6c(ccc4n5-c4cccc5ccccc45)Cc4ccccc4-6)ccc32)cc1. The fourth-order valence-corrected chi connectivity index (χ4v) is 8.58. The molecule has 49 heavy (non-hydrogen) atoms. The molecule has 8 aromatic carbocycles. The van der Waals surface area contributed by atoms with E-state index in [1.165, 1.54) is 99.1 Å². The predicted molar refractivity (Wildman–Crippen MR) is 206 cm³/mol. The Morgan fingerprint density at radius 3 is 1.92 bits per heavy atom. The molecule has 11 rings (SSSR count). The van der Waals surface area contributed by atoms with Gasteiger partial charge in [0.25, 0.3) is 0 Å². The van der Waals surface area contributed by atoms with Crippen LogP contribution in [0.5, 0.6) is 0 Å². The Balaban J connectivity index is 1.20. The maximum atomic E-state index is 2.49. The van der Waals surface area contributed by atoms with Crippen LogP contribution in [-0.2, 0) is 6.42 Å². The van der Waals surface area contributed by atoms with Gasteiger partial charge in [0.15, 0.2) is 0 Å². The number of rotatable bonds is 3. The summed E-state index contributed by atoms with van der Waals surface area (Å²) in [4.78, 5) is 0. The molecule has 2 heteroatoms. The van der Waals surface area contributed by atoms with Gasteiger partial charge in [0, 0.05) is 32.6 Å². The molecule has 1 aliphatic carbocycles. The molecule has 0 spiro atoms. The van der Waals surface area contributed by atoms with Gasteiger partial charge in [-0.3, -0.25) is 0 Å². The quantitative estimate of drug-likeness (QED) is 0.186. The van der Waals surface area contributed by atoms with Gasteiger partial charge in [0.2, 0.25) is 0 Å². The van der Waals surface area contributed by atoms with Crippen LogP contribution in [0.1, 0.15) is 11.1 Å². The van der Waals surface area contributed by atoms with Crippen LogP contribution in [0.3, 0.4) is 0 Å². The van der Waals surface area contributed by atoms with Crippen LogP contribution < -0.4 is 0 Å². The molecule has 0 saturated heterocycles. The molecule has 0 saturated carbocycles. The van der Waals surface area contributed by atoms with Gasteiger partial charge in [-0.2, -0.15) is 0 Å². The average Bonchev–Trinajstić information content (AvgIpc) is 3.82. The minimum atomic E-state index is 0.976. The highest BCUT2D eigenvalue weighted by atomic mass is 15.0. The minimum Gasteiger partial charge on any atom is -0.309 e. The molecule has 0 unspecified atom stereocenters. The van der Waals surface area contributed by atoms with Gasteiger partial charge in [-0.15, -0.1) is 0 Å². The fourth-order valence-electron chi connectivity index (χ4n) is 8.58. The number of hydrogen-bond acceptors (Lipinski definition) is 0. The Kier molecular flexibility index (Phi) is 5.47. The summed E-state index contributed by atoms with van der Waals surface area (Å²) in [5.74, 6) is 0. The number of fused-ring (bicyclic) bond motifs is 11. The van der Waals surface area contributed by atoms with E-state index < -0.39 is 0 Å². The van der Waals surface area contributed by atoms with Gasteiger partial charge in [0.1, 0.15) is 0 Å². The minimum absolute atomic E-state index is 0.976. The summed E-state index contributed by atoms with van der Waals surface area (Å²) >= 11 is 0. The summed E-state index contributed by atoms with van der Waals surface area (Å²) in [7, 11) is 0. The molecule has 0 atom stereocenters. The second kappa shape index (κ2) is 10.1. The topological polar surface area (TPSA) is 9.86 Å². The molecule has 2 nitrogen and oxygen atoms in total. The van der Waals surface area contributed by atoms with Crippen molar-refractivity contribution < 1.29 is 0 Å². The summed E-state index contributed by atoms with van der Waals surface area (Å²) < 4.78 is 4.88. The third-order valence-corrected chi connectivity index (χ3v) is 10.7. The molecule has 0 fully saturated rings. The van der Waals surface area contributed by atoms with Gasteiger partial charge in [-0.05, 0) is 99.8 Å². The van der Waals surface area contributed by atoms with Crippen LogP contribution in [-0.4, -0.2) is 9.13 Å². The second-order valence-electron chi connectivity index (χ2n) is 13.3. The molecule has 0 radical (unpaired) electrons. The van der Waals surface area contributed by atoms with E-state index in [-0.39, 0.29) is 0 Å². The zero-order chi connectivity index (χ0) is 32.1. The highest BCUT2D eigenvalue weighted by Crippen LogP contribution is 2.47. The van der Waals surface area contributed by atoms with Crippen LogP contribution in [0, 0.1) is 0 Å². The Labute approximate surface area is 283 Å². The third kappa shape index (κ3) is 3.77. The average molecular weight is 623 g/mol. The largest absolute Gasteiger partial charge is 0.309 e. The van der Waals surface area contributed by atoms with E-state index in [1.54, 1.807) is 0 Å². The van der Waals surface area contributed by atoms with E-state index in [9.17, 15) is 0 Å². The van der Waals surface area contributed by atoms with Crippen LogP contribution in [0.25, 0.3) is 88.0 Å². The van der Waals surface area contributed by atoms with Crippen LogP contribution in [0.15, 0.2) is 170 Å². The summed E-state index contributed by atoms with van der Waals surface area (Å²) in [6, 6.07) is 62.6. The highest BCUT2D eigenvalue weighted by molar-refractivity contribution is 6.19. The summed E-state index contributed by atoms with van der Waals surface area (Å²) in [5, 5.41) is 7.68. The van der Waals surface area contributed by atoms with E-state index in [1.807, 2.05) is 0 Å². The summed E-state index contributed by atoms with van der Waals surface area (Å²) in [6.07, 6.45) is 0.976. The van der Waals surface area contributed by atoms with Crippen molar-refractivity contribution in [2.45, 2.75) is 6.42 Å². The number of nitrogens with zero attached hydrogens (tertiary/aromatic N) is 2. The highest BCUT2D eigenvalue weighted by Gasteiger charge is 2.25. The molecule has 0 amide bonds. The maximum Gasteiger partial charge on any atom is 0.0547 e. The molecule has 2 aromatic heterocycles. The van der Waals surface area contributed by atoms with Crippen molar-refractivity contribution in [1.82, 2.24) is 9.13 Å². The number of hydrogen-bond donors (Lipinski definition) is 0. The molecule has 228 valence electrons. The van der Waals surface area contributed by atoms with Crippen molar-refractivity contribution in [3.05, 3.63) is 181 Å². The molecule has 0 N–H and O–H groups in total. The molecular weight excluding hydrogens is 593 g/mol. The van der Waals surface area contributed by atoms with E-state index in [0.717, 1.165) is 6.42 Å². The maximum absolute atomic E-state index is 2.49. The van der Waals surface area contributed by atoms with Crippen molar-refractivity contribution in [1.29, 1.82) is 0 Å². The first-order chi connectivity index (χ1) is 24.3. The van der Waals surface area contributed by atoms with Gasteiger partial charge in [-0.25, -0.2) is 0 Å². The lowest BCUT2D eigenvalue weighted by atomic mass is 9.96. The first kappa shape index (κ1) is 26.7. The molecule has 0 bridgehead atoms. The van der Waals surface area contributed by atoms with Crippen molar-refractivity contribution in [2.75, 3.05) is 0 Å². The Hall–Kier alpha value is -6.38. The molecule has 1 aliphatic rings. The third-order valence-electron chi connectivity index (χ3n) is 10.7. The molecule has 2 heterocycles. The molecular formula is C47H30N2. The smallest absolute Gasteiger partial charge is 0.0547 e. The van der Waals surface area contributed by atoms with Crippen LogP contribution >= 0.6 is 0 Å². The Morgan fingerprint density at radius 2 is 1.04 bits per heavy atom. The van der Waals surface area contributed by atoms with E-state index >= 15 is 0 Å². The van der Waals surface area contributed by atoms with Crippen molar-refractivity contribution in [2.24, 2.45) is 0 Å². The van der Waals surface area contributed by atoms with E-state index in [0.29, 0.717) is 0 Å². The van der Waals surface area contributed by atoms with Gasteiger partial charge < -0.3 is 9.13 Å². The lowest BCUT2D eigenvalue weighted by Gasteiger charge is -2.12. The van der Waals surface area contributed by atoms with Crippen LogP contribution in [0.4, 0.5) is 0 Å². The predicted octanol–water partition coefficient (Wildman–Crippen LogP) is 12.3. The van der Waals surface area contributed by atoms with E-state index in [2.05, 4.69) is 179 Å². The fraction of sp³-hybridized carbons (Fsp3) is 0.0213. The lowest BCUT2D eigenvalue weighted by Crippen LogP contribution is -1.95. The standard InChI is InChI=1S/C47H30N2/c1-2-14-35(15-3-1)48-42-19-9-8-18-38(42)39-28-31(21-24-43(39)48)32-22-25-44-40(29-32)47-45(26-23-34-27-33-12-5-7-17-37(33)46(34)47)49(44)41-20-10-13-30-11-4-6-16-36(30)41/h1-26,28-29H,27H2.